The van der Waals surface area contributed by atoms with Crippen LogP contribution in [0.1, 0.15) is 27.8 Å². The standard InChI is InChI=1S/C21H17N3O5/c1-24-14-5-3-2-4-12(14)17-18(24)21-20(28-15(25)6-7-16(26)29-21)13(19(17)27)8-11-9-22-10-23-11/h2-7,9-10,13,20-21H,8H2,1H3,(H,22,23)/b7-6-. The fourth-order valence-electron chi connectivity index (χ4n) is 4.29. The van der Waals surface area contributed by atoms with Crippen LogP contribution in [0.4, 0.5) is 0 Å². The predicted molar refractivity (Wildman–Crippen MR) is 101 cm³/mol. The summed E-state index contributed by atoms with van der Waals surface area (Å²) < 4.78 is 13.1. The van der Waals surface area contributed by atoms with Gasteiger partial charge in [0.15, 0.2) is 18.0 Å². The number of para-hydroxylation sites is 1. The minimum atomic E-state index is -0.942. The first-order valence-electron chi connectivity index (χ1n) is 9.22. The number of imidazole rings is 1. The van der Waals surface area contributed by atoms with Gasteiger partial charge in [-0.2, -0.15) is 0 Å². The summed E-state index contributed by atoms with van der Waals surface area (Å²) >= 11 is 0. The fourth-order valence-corrected chi connectivity index (χ4v) is 4.29. The number of Topliss-reactive ketones (excluding diaryl/α,β-unsaturated/α-hetero) is 1. The van der Waals surface area contributed by atoms with Crippen molar-refractivity contribution in [3.8, 4) is 0 Å². The monoisotopic (exact) mass is 391 g/mol. The highest BCUT2D eigenvalue weighted by Crippen LogP contribution is 2.43. The van der Waals surface area contributed by atoms with Crippen LogP contribution in [0.25, 0.3) is 10.9 Å². The molecule has 3 aromatic rings. The third-order valence-corrected chi connectivity index (χ3v) is 5.55. The molecule has 5 rings (SSSR count). The fraction of sp³-hybridized carbons (Fsp3) is 0.238. The van der Waals surface area contributed by atoms with Gasteiger partial charge in [-0.1, -0.05) is 18.2 Å². The molecule has 1 aromatic carbocycles. The van der Waals surface area contributed by atoms with Crippen LogP contribution >= 0.6 is 0 Å². The van der Waals surface area contributed by atoms with Gasteiger partial charge in [-0.05, 0) is 6.07 Å². The first kappa shape index (κ1) is 17.4. The number of H-pyrrole nitrogens is 1. The number of aryl methyl sites for hydroxylation is 1. The van der Waals surface area contributed by atoms with Gasteiger partial charge in [0.05, 0.1) is 23.5 Å². The molecule has 1 N–H and O–H groups in total. The van der Waals surface area contributed by atoms with Crippen molar-refractivity contribution in [3.05, 3.63) is 65.9 Å². The van der Waals surface area contributed by atoms with E-state index in [9.17, 15) is 14.4 Å². The number of nitrogens with one attached hydrogen (secondary N) is 1. The highest BCUT2D eigenvalue weighted by Gasteiger charge is 2.49. The number of ether oxygens (including phenoxy) is 2. The Labute approximate surface area is 165 Å². The first-order chi connectivity index (χ1) is 14.0. The van der Waals surface area contributed by atoms with Crippen molar-refractivity contribution in [2.45, 2.75) is 18.6 Å². The predicted octanol–water partition coefficient (Wildman–Crippen LogP) is 2.02. The maximum absolute atomic E-state index is 13.6. The van der Waals surface area contributed by atoms with Crippen LogP contribution in [0.15, 0.2) is 48.9 Å². The van der Waals surface area contributed by atoms with Gasteiger partial charge >= 0.3 is 11.9 Å². The van der Waals surface area contributed by atoms with E-state index in [2.05, 4.69) is 9.97 Å². The summed E-state index contributed by atoms with van der Waals surface area (Å²) in [5, 5.41) is 0.781. The summed E-state index contributed by atoms with van der Waals surface area (Å²) in [6.45, 7) is 0. The summed E-state index contributed by atoms with van der Waals surface area (Å²) in [7, 11) is 1.81. The zero-order chi connectivity index (χ0) is 20.1. The second-order valence-corrected chi connectivity index (χ2v) is 7.18. The topological polar surface area (TPSA) is 103 Å². The molecular weight excluding hydrogens is 374 g/mol. The number of esters is 2. The summed E-state index contributed by atoms with van der Waals surface area (Å²) in [6.07, 6.45) is 3.65. The molecule has 0 radical (unpaired) electrons. The number of aromatic nitrogens is 3. The van der Waals surface area contributed by atoms with Crippen molar-refractivity contribution >= 4 is 28.6 Å². The Morgan fingerprint density at radius 1 is 1.10 bits per heavy atom. The van der Waals surface area contributed by atoms with Gasteiger partial charge < -0.3 is 19.0 Å². The van der Waals surface area contributed by atoms with Crippen LogP contribution < -0.4 is 0 Å². The molecule has 2 aliphatic rings. The molecular formula is C21H17N3O5. The van der Waals surface area contributed by atoms with Crippen molar-refractivity contribution in [2.24, 2.45) is 13.0 Å². The first-order valence-corrected chi connectivity index (χ1v) is 9.22. The number of carbonyl (C=O) groups is 3. The van der Waals surface area contributed by atoms with Gasteiger partial charge in [0.25, 0.3) is 0 Å². The number of nitrogens with zero attached hydrogens (tertiary/aromatic N) is 2. The quantitative estimate of drug-likeness (QED) is 0.671. The van der Waals surface area contributed by atoms with Crippen LogP contribution in [0.3, 0.4) is 0 Å². The van der Waals surface area contributed by atoms with E-state index in [-0.39, 0.29) is 12.2 Å². The van der Waals surface area contributed by atoms with Crippen LogP contribution in [0, 0.1) is 5.92 Å². The molecule has 29 heavy (non-hydrogen) atoms. The SMILES string of the molecule is Cn1c2c(c3ccccc31)C(=O)C(Cc1cnc[nH]1)C1OC(=O)/C=C\C(=O)OC21. The second-order valence-electron chi connectivity index (χ2n) is 7.18. The van der Waals surface area contributed by atoms with Crippen molar-refractivity contribution < 1.29 is 23.9 Å². The number of ketones is 1. The second kappa shape index (κ2) is 6.44. The molecule has 0 spiro atoms. The van der Waals surface area contributed by atoms with E-state index < -0.39 is 30.1 Å². The number of hydrogen-bond acceptors (Lipinski definition) is 6. The molecule has 0 fully saturated rings. The van der Waals surface area contributed by atoms with E-state index in [1.165, 1.54) is 6.33 Å². The molecule has 8 heteroatoms. The van der Waals surface area contributed by atoms with Crippen LogP contribution in [-0.2, 0) is 32.5 Å². The zero-order valence-electron chi connectivity index (χ0n) is 15.5. The largest absolute Gasteiger partial charge is 0.454 e. The van der Waals surface area contributed by atoms with Crippen LogP contribution in [-0.4, -0.2) is 38.4 Å². The molecule has 3 heterocycles. The van der Waals surface area contributed by atoms with Gasteiger partial charge in [-0.3, -0.25) is 4.79 Å². The van der Waals surface area contributed by atoms with Gasteiger partial charge in [-0.25, -0.2) is 14.6 Å². The number of hydrogen-bond donors (Lipinski definition) is 1. The lowest BCUT2D eigenvalue weighted by Crippen LogP contribution is -2.45. The van der Waals surface area contributed by atoms with Crippen LogP contribution in [0.5, 0.6) is 0 Å². The molecule has 0 bridgehead atoms. The van der Waals surface area contributed by atoms with E-state index in [1.54, 1.807) is 6.20 Å². The minimum Gasteiger partial charge on any atom is -0.454 e. The Kier molecular flexibility index (Phi) is 3.87. The minimum absolute atomic E-state index is 0.152. The number of carbonyl (C=O) groups excluding carboxylic acids is 3. The zero-order valence-corrected chi connectivity index (χ0v) is 15.5. The highest BCUT2D eigenvalue weighted by molar-refractivity contribution is 6.12. The molecule has 1 aliphatic carbocycles. The van der Waals surface area contributed by atoms with Gasteiger partial charge in [0, 0.05) is 48.4 Å². The Morgan fingerprint density at radius 3 is 2.62 bits per heavy atom. The molecule has 0 saturated heterocycles. The number of rotatable bonds is 2. The maximum Gasteiger partial charge on any atom is 0.331 e. The number of fused-ring (bicyclic) bond motifs is 5. The summed E-state index contributed by atoms with van der Waals surface area (Å²) in [5.74, 6) is -2.20. The summed E-state index contributed by atoms with van der Waals surface area (Å²) in [6, 6.07) is 7.51. The molecule has 1 aliphatic heterocycles. The van der Waals surface area contributed by atoms with E-state index in [1.807, 2.05) is 35.9 Å². The Bertz CT molecular complexity index is 1170. The van der Waals surface area contributed by atoms with E-state index in [0.29, 0.717) is 11.3 Å². The third-order valence-electron chi connectivity index (χ3n) is 5.55. The lowest BCUT2D eigenvalue weighted by molar-refractivity contribution is -0.169. The summed E-state index contributed by atoms with van der Waals surface area (Å²) in [4.78, 5) is 45.1. The van der Waals surface area contributed by atoms with E-state index >= 15 is 0 Å². The highest BCUT2D eigenvalue weighted by atomic mass is 16.6. The Balaban J connectivity index is 1.74. The maximum atomic E-state index is 13.6. The Hall–Kier alpha value is -3.68. The summed E-state index contributed by atoms with van der Waals surface area (Å²) in [5.41, 5.74) is 2.61. The normalized spacial score (nSPS) is 24.9. The number of aromatic amines is 1. The van der Waals surface area contributed by atoms with Crippen molar-refractivity contribution in [2.75, 3.05) is 0 Å². The van der Waals surface area contributed by atoms with E-state index in [0.717, 1.165) is 28.7 Å². The molecule has 8 nitrogen and oxygen atoms in total. The smallest absolute Gasteiger partial charge is 0.331 e. The molecule has 3 unspecified atom stereocenters. The third kappa shape index (κ3) is 2.67. The van der Waals surface area contributed by atoms with Gasteiger partial charge in [0.2, 0.25) is 0 Å². The lowest BCUT2D eigenvalue weighted by atomic mass is 9.78. The average molecular weight is 391 g/mol. The lowest BCUT2D eigenvalue weighted by Gasteiger charge is -2.36. The van der Waals surface area contributed by atoms with Crippen molar-refractivity contribution in [1.29, 1.82) is 0 Å². The van der Waals surface area contributed by atoms with Crippen molar-refractivity contribution in [3.63, 3.8) is 0 Å². The van der Waals surface area contributed by atoms with Crippen LogP contribution in [0.2, 0.25) is 0 Å². The molecule has 0 amide bonds. The van der Waals surface area contributed by atoms with Crippen molar-refractivity contribution in [1.82, 2.24) is 14.5 Å². The van der Waals surface area contributed by atoms with E-state index in [4.69, 9.17) is 9.47 Å². The van der Waals surface area contributed by atoms with Gasteiger partial charge in [0.1, 0.15) is 0 Å². The average Bonchev–Trinajstić information content (AvgIpc) is 3.32. The van der Waals surface area contributed by atoms with Gasteiger partial charge in [-0.15, -0.1) is 0 Å². The molecule has 0 saturated carbocycles. The molecule has 3 atom stereocenters. The molecule has 146 valence electrons. The molecule has 2 aromatic heterocycles. The Morgan fingerprint density at radius 2 is 1.86 bits per heavy atom. The number of benzene rings is 1.